The molecular formula is C17H15F4N2O6P. The number of hydrogen-bond acceptors (Lipinski definition) is 5. The van der Waals surface area contributed by atoms with Crippen LogP contribution in [0.2, 0.25) is 0 Å². The van der Waals surface area contributed by atoms with Gasteiger partial charge in [0.05, 0.1) is 5.52 Å². The van der Waals surface area contributed by atoms with Crippen LogP contribution in [0.25, 0.3) is 11.0 Å². The van der Waals surface area contributed by atoms with Crippen LogP contribution in [0.15, 0.2) is 42.5 Å². The molecule has 0 radical (unpaired) electrons. The maximum atomic E-state index is 13.6. The number of hydrogen-bond donors (Lipinski definition) is 2. The Hall–Kier alpha value is -2.66. The number of nitrogens with zero attached hydrogens (tertiary/aromatic N) is 2. The molecule has 1 atom stereocenters. The van der Waals surface area contributed by atoms with Crippen LogP contribution in [-0.2, 0) is 9.30 Å². The molecule has 2 aromatic carbocycles. The number of rotatable bonds is 7. The maximum absolute atomic E-state index is 13.6. The summed E-state index contributed by atoms with van der Waals surface area (Å²) >= 11 is 0. The van der Waals surface area contributed by atoms with Gasteiger partial charge < -0.3 is 14.1 Å². The molecular weight excluding hydrogens is 435 g/mol. The van der Waals surface area contributed by atoms with Gasteiger partial charge in [-0.15, -0.1) is 13.2 Å². The van der Waals surface area contributed by atoms with Crippen LogP contribution < -0.4 is 9.36 Å². The number of imidazole rings is 1. The Morgan fingerprint density at radius 1 is 1.17 bits per heavy atom. The van der Waals surface area contributed by atoms with Gasteiger partial charge in [0.15, 0.2) is 5.82 Å². The highest BCUT2D eigenvalue weighted by atomic mass is 31.2. The summed E-state index contributed by atoms with van der Waals surface area (Å²) in [5.41, 5.74) is 0.370. The molecule has 1 heterocycles. The van der Waals surface area contributed by atoms with E-state index in [4.69, 9.17) is 9.36 Å². The van der Waals surface area contributed by atoms with Crippen molar-refractivity contribution in [1.82, 2.24) is 9.71 Å². The zero-order chi connectivity index (χ0) is 22.1. The highest BCUT2D eigenvalue weighted by molar-refractivity contribution is 7.46. The summed E-state index contributed by atoms with van der Waals surface area (Å²) in [7, 11) is -5.05. The molecule has 13 heteroatoms. The van der Waals surface area contributed by atoms with E-state index in [2.05, 4.69) is 9.72 Å². The molecule has 0 aliphatic rings. The lowest BCUT2D eigenvalue weighted by Crippen LogP contribution is -2.19. The van der Waals surface area contributed by atoms with Crippen molar-refractivity contribution in [1.29, 1.82) is 0 Å². The highest BCUT2D eigenvalue weighted by Crippen LogP contribution is 2.36. The second-order valence-electron chi connectivity index (χ2n) is 5.92. The lowest BCUT2D eigenvalue weighted by atomic mass is 10.1. The van der Waals surface area contributed by atoms with Crippen molar-refractivity contribution in [3.63, 3.8) is 0 Å². The monoisotopic (exact) mass is 450 g/mol. The van der Waals surface area contributed by atoms with Crippen LogP contribution in [-0.4, -0.2) is 32.5 Å². The van der Waals surface area contributed by atoms with Gasteiger partial charge in [-0.3, -0.25) is 9.79 Å². The number of halogens is 4. The normalized spacial score (nSPS) is 13.4. The van der Waals surface area contributed by atoms with Crippen LogP contribution in [0.3, 0.4) is 0 Å². The molecule has 162 valence electrons. The van der Waals surface area contributed by atoms with Gasteiger partial charge >= 0.3 is 14.2 Å². The van der Waals surface area contributed by atoms with Crippen molar-refractivity contribution in [2.75, 3.05) is 6.61 Å². The van der Waals surface area contributed by atoms with E-state index in [0.29, 0.717) is 0 Å². The Balaban J connectivity index is 2.09. The van der Waals surface area contributed by atoms with Gasteiger partial charge in [-0.2, -0.15) is 4.73 Å². The first-order valence-corrected chi connectivity index (χ1v) is 9.90. The number of ether oxygens (including phenoxy) is 2. The number of alkyl halides is 3. The van der Waals surface area contributed by atoms with Gasteiger partial charge in [-0.1, -0.05) is 12.1 Å². The molecule has 2 N–H and O–H groups in total. The quantitative estimate of drug-likeness (QED) is 0.418. The average molecular weight is 450 g/mol. The molecule has 0 saturated carbocycles. The second-order valence-corrected chi connectivity index (χ2v) is 7.07. The van der Waals surface area contributed by atoms with E-state index >= 15 is 0 Å². The minimum Gasteiger partial charge on any atom is -0.406 e. The molecule has 0 aliphatic carbocycles. The number of phosphoric acid groups is 1. The van der Waals surface area contributed by atoms with Crippen molar-refractivity contribution < 1.29 is 46.0 Å². The maximum Gasteiger partial charge on any atom is 0.573 e. The summed E-state index contributed by atoms with van der Waals surface area (Å²) in [6.45, 7) is 1.74. The molecule has 3 aromatic rings. The van der Waals surface area contributed by atoms with Crippen molar-refractivity contribution >= 4 is 18.9 Å². The Bertz CT molecular complexity index is 1080. The van der Waals surface area contributed by atoms with E-state index in [9.17, 15) is 31.9 Å². The van der Waals surface area contributed by atoms with Crippen LogP contribution in [0, 0.1) is 5.82 Å². The number of benzene rings is 2. The molecule has 30 heavy (non-hydrogen) atoms. The van der Waals surface area contributed by atoms with E-state index in [0.717, 1.165) is 29.0 Å². The van der Waals surface area contributed by atoms with E-state index < -0.39 is 31.9 Å². The standard InChI is InChI=1S/C17H15F4N2O6P/c1-2-27-15(10-3-6-12(7-4-10)28-17(19,20)21)16-22-13-9-11(18)5-8-14(13)23(16)29-30(24,25)26/h3-9,15H,2H2,1H3,(H2,24,25,26). The molecule has 0 aliphatic heterocycles. The van der Waals surface area contributed by atoms with Crippen molar-refractivity contribution in [3.05, 3.63) is 59.7 Å². The van der Waals surface area contributed by atoms with E-state index in [1.54, 1.807) is 6.92 Å². The van der Waals surface area contributed by atoms with Crippen molar-refractivity contribution in [2.45, 2.75) is 19.4 Å². The predicted molar refractivity (Wildman–Crippen MR) is 94.9 cm³/mol. The molecule has 1 unspecified atom stereocenters. The third-order valence-electron chi connectivity index (χ3n) is 3.77. The first-order chi connectivity index (χ1) is 14.0. The Morgan fingerprint density at radius 3 is 2.40 bits per heavy atom. The second kappa shape index (κ2) is 8.23. The molecule has 0 amide bonds. The summed E-state index contributed by atoms with van der Waals surface area (Å²) in [6.07, 6.45) is -5.96. The predicted octanol–water partition coefficient (Wildman–Crippen LogP) is 3.72. The molecule has 1 aromatic heterocycles. The lowest BCUT2D eigenvalue weighted by molar-refractivity contribution is -0.274. The highest BCUT2D eigenvalue weighted by Gasteiger charge is 2.32. The molecule has 0 fully saturated rings. The van der Waals surface area contributed by atoms with E-state index in [-0.39, 0.29) is 29.0 Å². The molecule has 0 bridgehead atoms. The lowest BCUT2D eigenvalue weighted by Gasteiger charge is -2.19. The smallest absolute Gasteiger partial charge is 0.406 e. The number of aromatic nitrogens is 2. The van der Waals surface area contributed by atoms with Gasteiger partial charge in [0.1, 0.15) is 23.2 Å². The van der Waals surface area contributed by atoms with Gasteiger partial charge in [-0.05, 0) is 36.8 Å². The van der Waals surface area contributed by atoms with E-state index in [1.165, 1.54) is 18.2 Å². The molecule has 0 saturated heterocycles. The van der Waals surface area contributed by atoms with Crippen molar-refractivity contribution in [2.24, 2.45) is 0 Å². The van der Waals surface area contributed by atoms with Gasteiger partial charge in [0.25, 0.3) is 0 Å². The van der Waals surface area contributed by atoms with Crippen LogP contribution in [0.4, 0.5) is 17.6 Å². The van der Waals surface area contributed by atoms with Crippen LogP contribution >= 0.6 is 7.82 Å². The van der Waals surface area contributed by atoms with Crippen molar-refractivity contribution in [3.8, 4) is 5.75 Å². The third-order valence-corrected chi connectivity index (χ3v) is 4.15. The topological polar surface area (TPSA) is 103 Å². The average Bonchev–Trinajstić information content (AvgIpc) is 2.94. The van der Waals surface area contributed by atoms with Gasteiger partial charge in [0, 0.05) is 12.7 Å². The molecule has 0 spiro atoms. The van der Waals surface area contributed by atoms with E-state index in [1.807, 2.05) is 0 Å². The number of fused-ring (bicyclic) bond motifs is 1. The minimum absolute atomic E-state index is 0.0279. The summed E-state index contributed by atoms with van der Waals surface area (Å²) in [5, 5.41) is 0. The fraction of sp³-hybridized carbons (Fsp3) is 0.235. The Morgan fingerprint density at radius 2 is 1.83 bits per heavy atom. The van der Waals surface area contributed by atoms with Crippen LogP contribution in [0.1, 0.15) is 24.4 Å². The summed E-state index contributed by atoms with van der Waals surface area (Å²) < 4.78 is 77.0. The summed E-state index contributed by atoms with van der Waals surface area (Å²) in [5.74, 6) is -1.26. The summed E-state index contributed by atoms with van der Waals surface area (Å²) in [4.78, 5) is 22.7. The first kappa shape index (κ1) is 22.0. The van der Waals surface area contributed by atoms with Gasteiger partial charge in [0.2, 0.25) is 0 Å². The molecule has 3 rings (SSSR count). The molecule has 8 nitrogen and oxygen atoms in total. The Kier molecular flexibility index (Phi) is 6.04. The Labute approximate surface area is 166 Å². The third kappa shape index (κ3) is 5.28. The summed E-state index contributed by atoms with van der Waals surface area (Å²) in [6, 6.07) is 7.91. The van der Waals surface area contributed by atoms with Gasteiger partial charge in [-0.25, -0.2) is 13.9 Å². The zero-order valence-corrected chi connectivity index (χ0v) is 16.1. The SMILES string of the molecule is CCOC(c1ccc(OC(F)(F)F)cc1)c1nc2cc(F)ccc2n1OP(=O)(O)O. The minimum atomic E-state index is -5.05. The van der Waals surface area contributed by atoms with Crippen LogP contribution in [0.5, 0.6) is 5.75 Å². The zero-order valence-electron chi connectivity index (χ0n) is 15.2. The first-order valence-electron chi connectivity index (χ1n) is 8.37. The fourth-order valence-electron chi connectivity index (χ4n) is 2.74. The largest absolute Gasteiger partial charge is 0.573 e. The fourth-order valence-corrected chi connectivity index (χ4v) is 3.12.